The van der Waals surface area contributed by atoms with Crippen LogP contribution in [0.3, 0.4) is 0 Å². The van der Waals surface area contributed by atoms with Crippen LogP contribution in [0.5, 0.6) is 0 Å². The van der Waals surface area contributed by atoms with E-state index in [9.17, 15) is 0 Å². The highest BCUT2D eigenvalue weighted by molar-refractivity contribution is 5.72. The van der Waals surface area contributed by atoms with E-state index in [0.29, 0.717) is 0 Å². The van der Waals surface area contributed by atoms with E-state index in [1.807, 2.05) is 13.1 Å². The zero-order valence-corrected chi connectivity index (χ0v) is 12.8. The maximum atomic E-state index is 4.63. The molecule has 3 heterocycles. The molecule has 0 atom stereocenters. The van der Waals surface area contributed by atoms with Gasteiger partial charge < -0.3 is 4.90 Å². The Morgan fingerprint density at radius 1 is 1.00 bits per heavy atom. The molecular weight excluding hydrogens is 258 g/mol. The second-order valence-electron chi connectivity index (χ2n) is 6.28. The van der Waals surface area contributed by atoms with Crippen molar-refractivity contribution in [2.75, 3.05) is 18.0 Å². The number of hydrogen-bond donors (Lipinski definition) is 0. The lowest BCUT2D eigenvalue weighted by atomic mass is 9.89. The van der Waals surface area contributed by atoms with E-state index in [2.05, 4.69) is 33.9 Å². The van der Waals surface area contributed by atoms with Gasteiger partial charge in [-0.1, -0.05) is 0 Å². The molecule has 4 rings (SSSR count). The quantitative estimate of drug-likeness (QED) is 0.800. The first-order chi connectivity index (χ1) is 10.2. The van der Waals surface area contributed by atoms with Gasteiger partial charge in [0.25, 0.3) is 0 Å². The molecule has 3 nitrogen and oxygen atoms in total. The number of nitrogens with zero attached hydrogens (tertiary/aromatic N) is 3. The van der Waals surface area contributed by atoms with Crippen molar-refractivity contribution in [3.63, 3.8) is 0 Å². The summed E-state index contributed by atoms with van der Waals surface area (Å²) >= 11 is 0. The zero-order chi connectivity index (χ0) is 14.4. The standard InChI is InChI=1S/C18H21N3/c1-12-11-19-17(13(2)20-12)16-9-14-5-3-7-21-8-4-6-15(10-16)18(14)21/h9-11H,3-8H2,1-2H3. The van der Waals surface area contributed by atoms with E-state index in [0.717, 1.165) is 17.1 Å². The number of hydrogen-bond acceptors (Lipinski definition) is 3. The number of aromatic nitrogens is 2. The normalized spacial score (nSPS) is 16.8. The maximum absolute atomic E-state index is 4.63. The van der Waals surface area contributed by atoms with Crippen LogP contribution in [-0.4, -0.2) is 23.1 Å². The highest BCUT2D eigenvalue weighted by atomic mass is 15.1. The summed E-state index contributed by atoms with van der Waals surface area (Å²) in [6.07, 6.45) is 6.82. The van der Waals surface area contributed by atoms with Gasteiger partial charge in [-0.15, -0.1) is 0 Å². The Labute approximate surface area is 126 Å². The van der Waals surface area contributed by atoms with Crippen LogP contribution in [0.2, 0.25) is 0 Å². The van der Waals surface area contributed by atoms with Crippen molar-refractivity contribution in [1.29, 1.82) is 0 Å². The lowest BCUT2D eigenvalue weighted by molar-refractivity contribution is 0.634. The van der Waals surface area contributed by atoms with Gasteiger partial charge >= 0.3 is 0 Å². The van der Waals surface area contributed by atoms with Crippen molar-refractivity contribution in [3.8, 4) is 11.3 Å². The molecule has 0 saturated carbocycles. The van der Waals surface area contributed by atoms with E-state index < -0.39 is 0 Å². The van der Waals surface area contributed by atoms with Gasteiger partial charge in [0.15, 0.2) is 0 Å². The van der Waals surface area contributed by atoms with Crippen LogP contribution in [0.25, 0.3) is 11.3 Å². The van der Waals surface area contributed by atoms with E-state index >= 15 is 0 Å². The summed E-state index contributed by atoms with van der Waals surface area (Å²) in [4.78, 5) is 11.8. The second-order valence-corrected chi connectivity index (χ2v) is 6.28. The molecule has 0 aliphatic carbocycles. The molecule has 1 aromatic carbocycles. The Hall–Kier alpha value is -1.90. The second kappa shape index (κ2) is 4.83. The van der Waals surface area contributed by atoms with Crippen molar-refractivity contribution >= 4 is 5.69 Å². The summed E-state index contributed by atoms with van der Waals surface area (Å²) in [5.74, 6) is 0. The third kappa shape index (κ3) is 2.11. The predicted octanol–water partition coefficient (Wildman–Crippen LogP) is 3.46. The fourth-order valence-electron chi connectivity index (χ4n) is 3.82. The molecule has 0 amide bonds. The van der Waals surface area contributed by atoms with Crippen LogP contribution in [0.15, 0.2) is 18.3 Å². The molecule has 0 radical (unpaired) electrons. The molecular formula is C18H21N3. The number of aryl methyl sites for hydroxylation is 4. The van der Waals surface area contributed by atoms with Crippen molar-refractivity contribution in [2.24, 2.45) is 0 Å². The summed E-state index contributed by atoms with van der Waals surface area (Å²) in [5.41, 5.74) is 8.85. The van der Waals surface area contributed by atoms with Gasteiger partial charge in [-0.2, -0.15) is 0 Å². The molecule has 2 aliphatic heterocycles. The van der Waals surface area contributed by atoms with Gasteiger partial charge in [0.1, 0.15) is 0 Å². The molecule has 0 spiro atoms. The van der Waals surface area contributed by atoms with E-state index in [4.69, 9.17) is 0 Å². The summed E-state index contributed by atoms with van der Waals surface area (Å²) in [6.45, 7) is 6.51. The molecule has 0 N–H and O–H groups in total. The fraction of sp³-hybridized carbons (Fsp3) is 0.444. The van der Waals surface area contributed by atoms with Gasteiger partial charge in [-0.3, -0.25) is 9.97 Å². The summed E-state index contributed by atoms with van der Waals surface area (Å²) in [7, 11) is 0. The molecule has 3 heteroatoms. The van der Waals surface area contributed by atoms with Crippen LogP contribution >= 0.6 is 0 Å². The Kier molecular flexibility index (Phi) is 2.95. The van der Waals surface area contributed by atoms with E-state index in [-0.39, 0.29) is 0 Å². The van der Waals surface area contributed by atoms with Crippen LogP contribution < -0.4 is 4.90 Å². The minimum atomic E-state index is 0.988. The fourth-order valence-corrected chi connectivity index (χ4v) is 3.82. The molecule has 21 heavy (non-hydrogen) atoms. The Morgan fingerprint density at radius 2 is 1.67 bits per heavy atom. The third-order valence-electron chi connectivity index (χ3n) is 4.67. The predicted molar refractivity (Wildman–Crippen MR) is 85.8 cm³/mol. The van der Waals surface area contributed by atoms with Gasteiger partial charge in [0, 0.05) is 30.5 Å². The van der Waals surface area contributed by atoms with Gasteiger partial charge in [0.05, 0.1) is 17.1 Å². The molecule has 1 aromatic heterocycles. The lowest BCUT2D eigenvalue weighted by Gasteiger charge is -2.37. The molecule has 2 aliphatic rings. The molecule has 0 unspecified atom stereocenters. The third-order valence-corrected chi connectivity index (χ3v) is 4.67. The Bertz CT molecular complexity index is 675. The van der Waals surface area contributed by atoms with Crippen molar-refractivity contribution < 1.29 is 0 Å². The monoisotopic (exact) mass is 279 g/mol. The van der Waals surface area contributed by atoms with Crippen LogP contribution in [0.1, 0.15) is 35.4 Å². The summed E-state index contributed by atoms with van der Waals surface area (Å²) in [6, 6.07) is 4.70. The molecule has 0 fully saturated rings. The number of rotatable bonds is 1. The van der Waals surface area contributed by atoms with Gasteiger partial charge in [-0.05, 0) is 62.8 Å². The number of anilines is 1. The van der Waals surface area contributed by atoms with Crippen LogP contribution in [0, 0.1) is 13.8 Å². The van der Waals surface area contributed by atoms with Crippen molar-refractivity contribution in [3.05, 3.63) is 40.8 Å². The summed E-state index contributed by atoms with van der Waals surface area (Å²) in [5, 5.41) is 0. The topological polar surface area (TPSA) is 29.0 Å². The Balaban J connectivity index is 1.88. The SMILES string of the molecule is Cc1cnc(-c2cc3c4c(c2)CCCN4CCC3)c(C)n1. The number of benzene rings is 1. The Morgan fingerprint density at radius 3 is 2.29 bits per heavy atom. The summed E-state index contributed by atoms with van der Waals surface area (Å²) < 4.78 is 0. The van der Waals surface area contributed by atoms with Gasteiger partial charge in [-0.25, -0.2) is 0 Å². The van der Waals surface area contributed by atoms with Gasteiger partial charge in [0.2, 0.25) is 0 Å². The molecule has 2 aromatic rings. The van der Waals surface area contributed by atoms with Crippen molar-refractivity contribution in [1.82, 2.24) is 9.97 Å². The minimum absolute atomic E-state index is 0.988. The highest BCUT2D eigenvalue weighted by Crippen LogP contribution is 2.38. The molecule has 0 saturated heterocycles. The smallest absolute Gasteiger partial charge is 0.0914 e. The van der Waals surface area contributed by atoms with Crippen molar-refractivity contribution in [2.45, 2.75) is 39.5 Å². The maximum Gasteiger partial charge on any atom is 0.0914 e. The first-order valence-electron chi connectivity index (χ1n) is 7.94. The average Bonchev–Trinajstić information content (AvgIpc) is 2.47. The van der Waals surface area contributed by atoms with E-state index in [1.165, 1.54) is 61.2 Å². The average molecular weight is 279 g/mol. The van der Waals surface area contributed by atoms with E-state index in [1.54, 1.807) is 0 Å². The van der Waals surface area contributed by atoms with Crippen LogP contribution in [0.4, 0.5) is 5.69 Å². The highest BCUT2D eigenvalue weighted by Gasteiger charge is 2.24. The lowest BCUT2D eigenvalue weighted by Crippen LogP contribution is -2.34. The first kappa shape index (κ1) is 12.8. The van der Waals surface area contributed by atoms with Crippen LogP contribution in [-0.2, 0) is 12.8 Å². The largest absolute Gasteiger partial charge is 0.371 e. The minimum Gasteiger partial charge on any atom is -0.371 e. The molecule has 0 bridgehead atoms. The molecule has 108 valence electrons. The first-order valence-corrected chi connectivity index (χ1v) is 7.94. The zero-order valence-electron chi connectivity index (χ0n) is 12.8.